The Bertz CT molecular complexity index is 348. The number of halogens is 1. The fraction of sp³-hybridized carbons (Fsp3) is 0.538. The second-order valence-electron chi connectivity index (χ2n) is 4.57. The molecule has 1 aromatic rings. The van der Waals surface area contributed by atoms with Crippen LogP contribution in [0.3, 0.4) is 0 Å². The lowest BCUT2D eigenvalue weighted by atomic mass is 10.1. The zero-order valence-corrected chi connectivity index (χ0v) is 10.7. The van der Waals surface area contributed by atoms with E-state index in [4.69, 9.17) is 10.5 Å². The molecule has 3 heteroatoms. The molecule has 1 fully saturated rings. The first-order valence-electron chi connectivity index (χ1n) is 5.65. The Balaban J connectivity index is 0.00000128. The van der Waals surface area contributed by atoms with Crippen LogP contribution in [0.2, 0.25) is 0 Å². The van der Waals surface area contributed by atoms with Crippen molar-refractivity contribution in [3.8, 4) is 5.75 Å². The molecule has 0 aliphatic heterocycles. The molecule has 2 rings (SSSR count). The fourth-order valence-electron chi connectivity index (χ4n) is 1.55. The van der Waals surface area contributed by atoms with Crippen molar-refractivity contribution in [2.45, 2.75) is 32.7 Å². The van der Waals surface area contributed by atoms with E-state index in [1.165, 1.54) is 18.4 Å². The molecular weight excluding hydrogens is 222 g/mol. The summed E-state index contributed by atoms with van der Waals surface area (Å²) in [6, 6.07) is 6.31. The Morgan fingerprint density at radius 3 is 2.69 bits per heavy atom. The van der Waals surface area contributed by atoms with Crippen molar-refractivity contribution in [1.29, 1.82) is 0 Å². The molecule has 0 aromatic heterocycles. The van der Waals surface area contributed by atoms with Gasteiger partial charge in [0.2, 0.25) is 0 Å². The molecule has 0 heterocycles. The number of aryl methyl sites for hydroxylation is 1. The number of hydrogen-bond donors (Lipinski definition) is 1. The van der Waals surface area contributed by atoms with Crippen molar-refractivity contribution in [3.63, 3.8) is 0 Å². The first kappa shape index (κ1) is 13.3. The minimum absolute atomic E-state index is 0. The smallest absolute Gasteiger partial charge is 0.122 e. The molecular formula is C13H20ClNO. The van der Waals surface area contributed by atoms with Gasteiger partial charge in [0.05, 0.1) is 6.61 Å². The summed E-state index contributed by atoms with van der Waals surface area (Å²) >= 11 is 0. The summed E-state index contributed by atoms with van der Waals surface area (Å²) in [5.41, 5.74) is 8.18. The van der Waals surface area contributed by atoms with Gasteiger partial charge in [-0.3, -0.25) is 0 Å². The van der Waals surface area contributed by atoms with Gasteiger partial charge in [0.25, 0.3) is 0 Å². The first-order valence-corrected chi connectivity index (χ1v) is 5.65. The minimum Gasteiger partial charge on any atom is -0.493 e. The lowest BCUT2D eigenvalue weighted by Crippen LogP contribution is -2.06. The number of hydrogen-bond acceptors (Lipinski definition) is 2. The highest BCUT2D eigenvalue weighted by Gasteiger charge is 2.22. The zero-order valence-electron chi connectivity index (χ0n) is 9.90. The first-order chi connectivity index (χ1) is 7.16. The summed E-state index contributed by atoms with van der Waals surface area (Å²) in [5.74, 6) is 1.79. The van der Waals surface area contributed by atoms with Gasteiger partial charge in [-0.25, -0.2) is 0 Å². The lowest BCUT2D eigenvalue weighted by Gasteiger charge is -2.12. The molecule has 0 radical (unpaired) electrons. The predicted octanol–water partition coefficient (Wildman–Crippen LogP) is 3.23. The topological polar surface area (TPSA) is 35.2 Å². The van der Waals surface area contributed by atoms with Crippen molar-refractivity contribution >= 4 is 12.4 Å². The van der Waals surface area contributed by atoms with Crippen molar-refractivity contribution in [2.75, 3.05) is 6.61 Å². The quantitative estimate of drug-likeness (QED) is 0.879. The molecule has 0 spiro atoms. The molecule has 16 heavy (non-hydrogen) atoms. The molecule has 1 saturated carbocycles. The number of benzene rings is 1. The molecule has 2 nitrogen and oxygen atoms in total. The third-order valence-electron chi connectivity index (χ3n) is 2.91. The van der Waals surface area contributed by atoms with Crippen molar-refractivity contribution in [2.24, 2.45) is 11.7 Å². The molecule has 90 valence electrons. The Kier molecular flexibility index (Phi) is 4.63. The number of rotatable bonds is 4. The van der Waals surface area contributed by atoms with E-state index in [1.807, 2.05) is 6.92 Å². The third-order valence-corrected chi connectivity index (χ3v) is 2.91. The van der Waals surface area contributed by atoms with E-state index in [2.05, 4.69) is 25.1 Å². The SMILES string of the molecule is Cc1ccc([C@H](C)N)cc1OCC1CC1.Cl. The molecule has 1 atom stereocenters. The van der Waals surface area contributed by atoms with Crippen LogP contribution >= 0.6 is 12.4 Å². The van der Waals surface area contributed by atoms with E-state index >= 15 is 0 Å². The maximum Gasteiger partial charge on any atom is 0.122 e. The second kappa shape index (κ2) is 5.55. The van der Waals surface area contributed by atoms with Gasteiger partial charge in [-0.15, -0.1) is 12.4 Å². The Morgan fingerprint density at radius 1 is 1.44 bits per heavy atom. The van der Waals surface area contributed by atoms with Gasteiger partial charge in [0.1, 0.15) is 5.75 Å². The second-order valence-corrected chi connectivity index (χ2v) is 4.57. The molecule has 1 aliphatic rings. The van der Waals surface area contributed by atoms with Gasteiger partial charge in [-0.2, -0.15) is 0 Å². The van der Waals surface area contributed by atoms with Gasteiger partial charge >= 0.3 is 0 Å². The molecule has 1 aromatic carbocycles. The summed E-state index contributed by atoms with van der Waals surface area (Å²) in [6.07, 6.45) is 2.65. The van der Waals surface area contributed by atoms with E-state index in [0.717, 1.165) is 23.8 Å². The summed E-state index contributed by atoms with van der Waals surface area (Å²) in [4.78, 5) is 0. The molecule has 0 bridgehead atoms. The van der Waals surface area contributed by atoms with Crippen LogP contribution in [0.4, 0.5) is 0 Å². The number of nitrogens with two attached hydrogens (primary N) is 1. The van der Waals surface area contributed by atoms with Gasteiger partial charge in [-0.05, 0) is 49.8 Å². The summed E-state index contributed by atoms with van der Waals surface area (Å²) in [7, 11) is 0. The van der Waals surface area contributed by atoms with Gasteiger partial charge in [0.15, 0.2) is 0 Å². The summed E-state index contributed by atoms with van der Waals surface area (Å²) in [5, 5.41) is 0. The zero-order chi connectivity index (χ0) is 10.8. The molecule has 0 saturated heterocycles. The van der Waals surface area contributed by atoms with Crippen molar-refractivity contribution in [3.05, 3.63) is 29.3 Å². The molecule has 1 aliphatic carbocycles. The van der Waals surface area contributed by atoms with E-state index in [0.29, 0.717) is 0 Å². The standard InChI is InChI=1S/C13H19NO.ClH/c1-9-3-6-12(10(2)14)7-13(9)15-8-11-4-5-11;/h3,6-7,10-11H,4-5,8,14H2,1-2H3;1H/t10-;/m0./s1. The average Bonchev–Trinajstić information content (AvgIpc) is 3.00. The van der Waals surface area contributed by atoms with Crippen LogP contribution in [0.25, 0.3) is 0 Å². The normalized spacial score (nSPS) is 16.4. The highest BCUT2D eigenvalue weighted by atomic mass is 35.5. The van der Waals surface area contributed by atoms with E-state index < -0.39 is 0 Å². The van der Waals surface area contributed by atoms with Crippen LogP contribution < -0.4 is 10.5 Å². The van der Waals surface area contributed by atoms with Crippen LogP contribution in [-0.2, 0) is 0 Å². The predicted molar refractivity (Wildman–Crippen MR) is 69.2 cm³/mol. The average molecular weight is 242 g/mol. The van der Waals surface area contributed by atoms with Gasteiger partial charge in [-0.1, -0.05) is 12.1 Å². The fourth-order valence-corrected chi connectivity index (χ4v) is 1.55. The number of ether oxygens (including phenoxy) is 1. The summed E-state index contributed by atoms with van der Waals surface area (Å²) in [6.45, 7) is 4.94. The van der Waals surface area contributed by atoms with Crippen LogP contribution in [0, 0.1) is 12.8 Å². The van der Waals surface area contributed by atoms with Crippen LogP contribution in [0.5, 0.6) is 5.75 Å². The highest BCUT2D eigenvalue weighted by molar-refractivity contribution is 5.85. The summed E-state index contributed by atoms with van der Waals surface area (Å²) < 4.78 is 5.80. The Morgan fingerprint density at radius 2 is 2.12 bits per heavy atom. The van der Waals surface area contributed by atoms with Crippen LogP contribution in [0.1, 0.15) is 36.9 Å². The monoisotopic (exact) mass is 241 g/mol. The van der Waals surface area contributed by atoms with E-state index in [-0.39, 0.29) is 18.4 Å². The maximum atomic E-state index is 5.85. The van der Waals surface area contributed by atoms with E-state index in [9.17, 15) is 0 Å². The lowest BCUT2D eigenvalue weighted by molar-refractivity contribution is 0.297. The van der Waals surface area contributed by atoms with E-state index in [1.54, 1.807) is 0 Å². The Hall–Kier alpha value is -0.730. The third kappa shape index (κ3) is 3.39. The molecule has 0 amide bonds. The van der Waals surface area contributed by atoms with Crippen molar-refractivity contribution < 1.29 is 4.74 Å². The Labute approximate surface area is 104 Å². The molecule has 2 N–H and O–H groups in total. The maximum absolute atomic E-state index is 5.85. The van der Waals surface area contributed by atoms with Crippen molar-refractivity contribution in [1.82, 2.24) is 0 Å². The van der Waals surface area contributed by atoms with Crippen LogP contribution in [0.15, 0.2) is 18.2 Å². The van der Waals surface area contributed by atoms with Gasteiger partial charge in [0, 0.05) is 6.04 Å². The largest absolute Gasteiger partial charge is 0.493 e. The van der Waals surface area contributed by atoms with Gasteiger partial charge < -0.3 is 10.5 Å². The minimum atomic E-state index is 0. The van der Waals surface area contributed by atoms with Crippen LogP contribution in [-0.4, -0.2) is 6.61 Å². The molecule has 0 unspecified atom stereocenters. The highest BCUT2D eigenvalue weighted by Crippen LogP contribution is 2.30.